The van der Waals surface area contributed by atoms with Crippen LogP contribution < -0.4 is 0 Å². The van der Waals surface area contributed by atoms with Gasteiger partial charge in [-0.15, -0.1) is 0 Å². The third-order valence-corrected chi connectivity index (χ3v) is 3.25. The minimum absolute atomic E-state index is 0.0184. The molecule has 90 valence electrons. The first-order valence-electron chi connectivity index (χ1n) is 5.06. The molecule has 0 aliphatic carbocycles. The van der Waals surface area contributed by atoms with E-state index in [0.29, 0.717) is 11.0 Å². The minimum Gasteiger partial charge on any atom is -0.481 e. The summed E-state index contributed by atoms with van der Waals surface area (Å²) >= 11 is 1.25. The Kier molecular flexibility index (Phi) is 2.93. The normalized spacial score (nSPS) is 10.8. The highest BCUT2D eigenvalue weighted by molar-refractivity contribution is 7.08. The Labute approximate surface area is 102 Å². The molecule has 17 heavy (non-hydrogen) atoms. The van der Waals surface area contributed by atoms with Crippen LogP contribution >= 0.6 is 11.5 Å². The fourth-order valence-corrected chi connectivity index (χ4v) is 2.32. The smallest absolute Gasteiger partial charge is 0.307 e. The maximum atomic E-state index is 10.8. The highest BCUT2D eigenvalue weighted by Gasteiger charge is 2.17. The van der Waals surface area contributed by atoms with Crippen molar-refractivity contribution in [1.29, 1.82) is 0 Å². The van der Waals surface area contributed by atoms with Crippen molar-refractivity contribution in [2.45, 2.75) is 27.2 Å². The van der Waals surface area contributed by atoms with Gasteiger partial charge in [-0.1, -0.05) is 0 Å². The van der Waals surface area contributed by atoms with E-state index in [4.69, 9.17) is 5.11 Å². The molecule has 2 heterocycles. The number of carbonyl (C=O) groups is 1. The molecule has 2 aromatic rings. The van der Waals surface area contributed by atoms with Crippen LogP contribution in [-0.4, -0.2) is 30.2 Å². The number of nitrogens with zero attached hydrogens (tertiary/aromatic N) is 4. The highest BCUT2D eigenvalue weighted by Crippen LogP contribution is 2.19. The van der Waals surface area contributed by atoms with Gasteiger partial charge >= 0.3 is 5.97 Å². The van der Waals surface area contributed by atoms with Crippen LogP contribution in [0.15, 0.2) is 0 Å². The molecule has 0 aromatic carbocycles. The lowest BCUT2D eigenvalue weighted by atomic mass is 10.1. The average molecular weight is 252 g/mol. The van der Waals surface area contributed by atoms with Crippen molar-refractivity contribution < 1.29 is 9.90 Å². The summed E-state index contributed by atoms with van der Waals surface area (Å²) in [7, 11) is 0. The van der Waals surface area contributed by atoms with Gasteiger partial charge in [-0.05, 0) is 20.8 Å². The zero-order chi connectivity index (χ0) is 12.6. The molecule has 0 bridgehead atoms. The summed E-state index contributed by atoms with van der Waals surface area (Å²) < 4.78 is 5.74. The third-order valence-electron chi connectivity index (χ3n) is 2.47. The molecule has 0 unspecified atom stereocenters. The van der Waals surface area contributed by atoms with Crippen LogP contribution in [0.5, 0.6) is 0 Å². The van der Waals surface area contributed by atoms with E-state index >= 15 is 0 Å². The van der Waals surface area contributed by atoms with Gasteiger partial charge < -0.3 is 5.11 Å². The van der Waals surface area contributed by atoms with Crippen molar-refractivity contribution in [2.24, 2.45) is 0 Å². The van der Waals surface area contributed by atoms with Crippen molar-refractivity contribution in [3.63, 3.8) is 0 Å². The third kappa shape index (κ3) is 2.19. The van der Waals surface area contributed by atoms with Crippen LogP contribution in [-0.2, 0) is 11.2 Å². The number of rotatable bonds is 3. The second kappa shape index (κ2) is 4.25. The molecule has 2 aromatic heterocycles. The molecule has 0 saturated carbocycles. The van der Waals surface area contributed by atoms with E-state index in [9.17, 15) is 4.79 Å². The largest absolute Gasteiger partial charge is 0.481 e. The Bertz CT molecular complexity index is 573. The molecule has 0 aliphatic rings. The second-order valence-corrected chi connectivity index (χ2v) is 4.49. The maximum Gasteiger partial charge on any atom is 0.307 e. The number of carboxylic acid groups (broad SMARTS) is 1. The summed E-state index contributed by atoms with van der Waals surface area (Å²) in [4.78, 5) is 15.0. The predicted molar refractivity (Wildman–Crippen MR) is 62.6 cm³/mol. The summed E-state index contributed by atoms with van der Waals surface area (Å²) in [6, 6.07) is 0. The number of aromatic nitrogens is 4. The molecule has 1 N–H and O–H groups in total. The van der Waals surface area contributed by atoms with Crippen LogP contribution in [0.3, 0.4) is 0 Å². The summed E-state index contributed by atoms with van der Waals surface area (Å²) in [5, 5.41) is 13.8. The highest BCUT2D eigenvalue weighted by atomic mass is 32.1. The van der Waals surface area contributed by atoms with Gasteiger partial charge in [0.05, 0.1) is 12.1 Å². The van der Waals surface area contributed by atoms with E-state index in [-0.39, 0.29) is 6.42 Å². The first-order valence-corrected chi connectivity index (χ1v) is 5.84. The summed E-state index contributed by atoms with van der Waals surface area (Å²) in [5.74, 6) is -0.165. The van der Waals surface area contributed by atoms with Gasteiger partial charge in [-0.2, -0.15) is 9.47 Å². The zero-order valence-electron chi connectivity index (χ0n) is 9.76. The summed E-state index contributed by atoms with van der Waals surface area (Å²) in [6.45, 7) is 5.45. The van der Waals surface area contributed by atoms with Crippen molar-refractivity contribution in [3.8, 4) is 5.13 Å². The Balaban J connectivity index is 2.47. The van der Waals surface area contributed by atoms with Gasteiger partial charge in [0.15, 0.2) is 0 Å². The van der Waals surface area contributed by atoms with Gasteiger partial charge in [0, 0.05) is 22.8 Å². The number of hydrogen-bond acceptors (Lipinski definition) is 5. The fraction of sp³-hybridized carbons (Fsp3) is 0.400. The molecule has 0 spiro atoms. The van der Waals surface area contributed by atoms with Crippen LogP contribution in [0.1, 0.15) is 22.8 Å². The molecule has 0 aliphatic heterocycles. The van der Waals surface area contributed by atoms with E-state index in [1.165, 1.54) is 11.5 Å². The lowest BCUT2D eigenvalue weighted by molar-refractivity contribution is -0.136. The summed E-state index contributed by atoms with van der Waals surface area (Å²) in [5.41, 5.74) is 2.27. The summed E-state index contributed by atoms with van der Waals surface area (Å²) in [6.07, 6.45) is -0.0184. The molecule has 0 radical (unpaired) electrons. The van der Waals surface area contributed by atoms with Crippen molar-refractivity contribution in [2.75, 3.05) is 0 Å². The molecule has 0 fully saturated rings. The fourth-order valence-electron chi connectivity index (χ4n) is 1.64. The van der Waals surface area contributed by atoms with Crippen LogP contribution in [0.25, 0.3) is 5.13 Å². The van der Waals surface area contributed by atoms with E-state index in [2.05, 4.69) is 14.5 Å². The van der Waals surface area contributed by atoms with Crippen LogP contribution in [0, 0.1) is 20.8 Å². The Hall–Kier alpha value is -1.76. The van der Waals surface area contributed by atoms with Crippen LogP contribution in [0.4, 0.5) is 0 Å². The molecule has 0 atom stereocenters. The molecule has 6 nitrogen and oxygen atoms in total. The number of carboxylic acids is 1. The monoisotopic (exact) mass is 252 g/mol. The maximum absolute atomic E-state index is 10.8. The lowest BCUT2D eigenvalue weighted by Gasteiger charge is -1.99. The topological polar surface area (TPSA) is 80.9 Å². The molecule has 2 rings (SSSR count). The molecular formula is C10H12N4O2S. The number of aryl methyl sites for hydroxylation is 2. The SMILES string of the molecule is Cc1nsc(-n2nc(C)c(CC(=O)O)c2C)n1. The van der Waals surface area contributed by atoms with Crippen LogP contribution in [0.2, 0.25) is 0 Å². The van der Waals surface area contributed by atoms with Crippen molar-refractivity contribution in [1.82, 2.24) is 19.1 Å². The van der Waals surface area contributed by atoms with Gasteiger partial charge in [0.25, 0.3) is 0 Å². The van der Waals surface area contributed by atoms with Crippen molar-refractivity contribution >= 4 is 17.5 Å². The van der Waals surface area contributed by atoms with E-state index < -0.39 is 5.97 Å². The van der Waals surface area contributed by atoms with E-state index in [1.807, 2.05) is 13.8 Å². The average Bonchev–Trinajstić information content (AvgIpc) is 2.76. The van der Waals surface area contributed by atoms with E-state index in [1.54, 1.807) is 11.6 Å². The quantitative estimate of drug-likeness (QED) is 0.889. The minimum atomic E-state index is -0.857. The van der Waals surface area contributed by atoms with Crippen molar-refractivity contribution in [3.05, 3.63) is 22.8 Å². The van der Waals surface area contributed by atoms with E-state index in [0.717, 1.165) is 17.0 Å². The molecule has 0 amide bonds. The van der Waals surface area contributed by atoms with Gasteiger partial charge in [-0.25, -0.2) is 9.67 Å². The Morgan fingerprint density at radius 2 is 2.12 bits per heavy atom. The second-order valence-electron chi connectivity index (χ2n) is 3.76. The molecule has 0 saturated heterocycles. The number of aliphatic carboxylic acids is 1. The van der Waals surface area contributed by atoms with Gasteiger partial charge in [0.2, 0.25) is 5.13 Å². The predicted octanol–water partition coefficient (Wildman–Crippen LogP) is 1.28. The Morgan fingerprint density at radius 1 is 1.41 bits per heavy atom. The standard InChI is InChI=1S/C10H12N4O2S/c1-5-8(4-9(15)16)6(2)14(12-5)10-11-7(3)13-17-10/h4H2,1-3H3,(H,15,16). The molecular weight excluding hydrogens is 240 g/mol. The first kappa shape index (κ1) is 11.7. The van der Waals surface area contributed by atoms with Gasteiger partial charge in [0.1, 0.15) is 5.82 Å². The molecule has 7 heteroatoms. The Morgan fingerprint density at radius 3 is 2.65 bits per heavy atom. The first-order chi connectivity index (χ1) is 7.99. The lowest BCUT2D eigenvalue weighted by Crippen LogP contribution is -2.03. The zero-order valence-corrected chi connectivity index (χ0v) is 10.6. The van der Waals surface area contributed by atoms with Gasteiger partial charge in [-0.3, -0.25) is 4.79 Å². The number of hydrogen-bond donors (Lipinski definition) is 1.